The topological polar surface area (TPSA) is 157 Å². The number of H-pyrrole nitrogens is 1. The summed E-state index contributed by atoms with van der Waals surface area (Å²) in [4.78, 5) is 23.2. The Bertz CT molecular complexity index is 1440. The molecule has 0 aliphatic rings. The molecule has 0 saturated heterocycles. The highest BCUT2D eigenvalue weighted by Gasteiger charge is 2.26. The predicted molar refractivity (Wildman–Crippen MR) is 122 cm³/mol. The first-order chi connectivity index (χ1) is 16.8. The van der Waals surface area contributed by atoms with Gasteiger partial charge in [0.2, 0.25) is 0 Å². The van der Waals surface area contributed by atoms with Crippen molar-refractivity contribution in [3.8, 4) is 17.4 Å². The number of methoxy groups -OCH3 is 2. The number of nitrogen functional groups attached to an aromatic ring is 1. The van der Waals surface area contributed by atoms with E-state index in [0.717, 1.165) is 16.8 Å². The molecule has 0 aliphatic carbocycles. The molecule has 0 fully saturated rings. The van der Waals surface area contributed by atoms with E-state index < -0.39 is 29.2 Å². The van der Waals surface area contributed by atoms with Crippen molar-refractivity contribution in [1.29, 1.82) is 5.41 Å². The summed E-state index contributed by atoms with van der Waals surface area (Å²) in [6.45, 7) is 0. The van der Waals surface area contributed by atoms with E-state index in [4.69, 9.17) is 20.6 Å². The third kappa shape index (κ3) is 4.64. The van der Waals surface area contributed by atoms with Crippen molar-refractivity contribution >= 4 is 11.5 Å². The quantitative estimate of drug-likeness (QED) is 0.220. The lowest BCUT2D eigenvalue weighted by Gasteiger charge is -2.20. The summed E-state index contributed by atoms with van der Waals surface area (Å²) >= 11 is 0. The van der Waals surface area contributed by atoms with Gasteiger partial charge in [0.1, 0.15) is 23.5 Å². The van der Waals surface area contributed by atoms with Gasteiger partial charge in [-0.05, 0) is 30.3 Å². The molecule has 2 heterocycles. The van der Waals surface area contributed by atoms with Gasteiger partial charge in [0.25, 0.3) is 5.95 Å². The summed E-state index contributed by atoms with van der Waals surface area (Å²) in [6, 6.07) is 6.82. The monoisotopic (exact) mass is 482 g/mol. The molecule has 0 radical (unpaired) electrons. The van der Waals surface area contributed by atoms with Crippen LogP contribution in [-0.2, 0) is 0 Å². The number of nitrogens with two attached hydrogens (primary N) is 1. The Morgan fingerprint density at radius 3 is 2.43 bits per heavy atom. The second-order valence-corrected chi connectivity index (χ2v) is 7.19. The number of aromatic nitrogens is 5. The molecule has 0 aliphatic heterocycles. The van der Waals surface area contributed by atoms with Gasteiger partial charge < -0.3 is 20.5 Å². The first-order valence-corrected chi connectivity index (χ1v) is 10.1. The van der Waals surface area contributed by atoms with E-state index in [1.807, 2.05) is 0 Å². The fourth-order valence-corrected chi connectivity index (χ4v) is 3.38. The van der Waals surface area contributed by atoms with Gasteiger partial charge in [0.15, 0.2) is 17.3 Å². The molecule has 0 bridgehead atoms. The van der Waals surface area contributed by atoms with Crippen molar-refractivity contribution < 1.29 is 18.3 Å². The molecule has 5 N–H and O–H groups in total. The fraction of sp³-hybridized carbons (Fsp3) is 0.136. The number of rotatable bonds is 8. The van der Waals surface area contributed by atoms with E-state index >= 15 is 4.39 Å². The van der Waals surface area contributed by atoms with Crippen LogP contribution in [0.25, 0.3) is 5.95 Å². The number of hydrogen-bond acceptors (Lipinski definition) is 8. The van der Waals surface area contributed by atoms with Gasteiger partial charge in [0.05, 0.1) is 19.8 Å². The lowest BCUT2D eigenvalue weighted by molar-refractivity contribution is 0.351. The summed E-state index contributed by atoms with van der Waals surface area (Å²) < 4.78 is 41.1. The summed E-state index contributed by atoms with van der Waals surface area (Å²) in [6.07, 6.45) is 2.87. The van der Waals surface area contributed by atoms with Crippen molar-refractivity contribution in [1.82, 2.24) is 24.7 Å². The number of nitrogens with one attached hydrogen (secondary N) is 3. The number of hydrogen-bond donors (Lipinski definition) is 4. The lowest BCUT2D eigenvalue weighted by atomic mass is 10.0. The molecule has 2 aromatic carbocycles. The van der Waals surface area contributed by atoms with Crippen LogP contribution in [0.3, 0.4) is 0 Å². The number of amidine groups is 1. The predicted octanol–water partition coefficient (Wildman–Crippen LogP) is 2.13. The Hall–Kier alpha value is -4.81. The molecule has 180 valence electrons. The van der Waals surface area contributed by atoms with Crippen molar-refractivity contribution in [2.45, 2.75) is 6.04 Å². The van der Waals surface area contributed by atoms with Gasteiger partial charge in [0, 0.05) is 29.7 Å². The molecule has 35 heavy (non-hydrogen) atoms. The second-order valence-electron chi connectivity index (χ2n) is 7.19. The number of anilines is 1. The molecular weight excluding hydrogens is 462 g/mol. The van der Waals surface area contributed by atoms with E-state index in [1.165, 1.54) is 44.8 Å². The first-order valence-electron chi connectivity index (χ1n) is 10.1. The lowest BCUT2D eigenvalue weighted by Crippen LogP contribution is -2.18. The Balaban J connectivity index is 1.85. The Morgan fingerprint density at radius 1 is 1.11 bits per heavy atom. The summed E-state index contributed by atoms with van der Waals surface area (Å²) in [5.74, 6) is -1.53. The van der Waals surface area contributed by atoms with Crippen molar-refractivity contribution in [3.63, 3.8) is 0 Å². The van der Waals surface area contributed by atoms with Gasteiger partial charge >= 0.3 is 5.69 Å². The van der Waals surface area contributed by atoms with Gasteiger partial charge in [-0.15, -0.1) is 9.78 Å². The molecule has 0 amide bonds. The Kier molecular flexibility index (Phi) is 6.40. The van der Waals surface area contributed by atoms with E-state index in [2.05, 4.69) is 25.4 Å². The number of halogens is 2. The van der Waals surface area contributed by atoms with Gasteiger partial charge in [-0.25, -0.2) is 23.5 Å². The van der Waals surface area contributed by atoms with E-state index in [0.29, 0.717) is 0 Å². The highest BCUT2D eigenvalue weighted by atomic mass is 19.1. The minimum absolute atomic E-state index is 0.00314. The molecule has 0 spiro atoms. The summed E-state index contributed by atoms with van der Waals surface area (Å²) in [5, 5.41) is 14.7. The maximum absolute atomic E-state index is 15.2. The molecule has 0 saturated carbocycles. The maximum Gasteiger partial charge on any atom is 0.350 e. The second kappa shape index (κ2) is 9.59. The molecule has 1 unspecified atom stereocenters. The number of aromatic amines is 1. The summed E-state index contributed by atoms with van der Waals surface area (Å²) in [7, 11) is 2.76. The largest absolute Gasteiger partial charge is 0.493 e. The average molecular weight is 482 g/mol. The van der Waals surface area contributed by atoms with Crippen molar-refractivity contribution in [2.75, 3.05) is 19.5 Å². The molecule has 13 heteroatoms. The third-order valence-electron chi connectivity index (χ3n) is 5.03. The minimum Gasteiger partial charge on any atom is -0.493 e. The van der Waals surface area contributed by atoms with Gasteiger partial charge in [-0.3, -0.25) is 10.4 Å². The SMILES string of the molecule is COc1cc(F)c(C(Nc2ccc(C(=N)N)c(F)c2)c2nn(-c3ncccn3)c(=O)[nH]2)cc1OC. The van der Waals surface area contributed by atoms with Gasteiger partial charge in [-0.2, -0.15) is 0 Å². The van der Waals surface area contributed by atoms with Crippen LogP contribution in [0.4, 0.5) is 14.5 Å². The molecule has 11 nitrogen and oxygen atoms in total. The highest BCUT2D eigenvalue weighted by Crippen LogP contribution is 2.35. The fourth-order valence-electron chi connectivity index (χ4n) is 3.38. The molecule has 1 atom stereocenters. The van der Waals surface area contributed by atoms with Crippen LogP contribution >= 0.6 is 0 Å². The van der Waals surface area contributed by atoms with Gasteiger partial charge in [-0.1, -0.05) is 0 Å². The van der Waals surface area contributed by atoms with Crippen LogP contribution in [0.15, 0.2) is 53.6 Å². The Labute approximate surface area is 197 Å². The molecule has 4 rings (SSSR count). The highest BCUT2D eigenvalue weighted by molar-refractivity contribution is 5.95. The standard InChI is InChI=1S/C22H20F2N8O3/c1-34-16-9-13(15(24)10-17(16)35-2)18(29-11-4-5-12(19(25)26)14(23)8-11)20-30-22(33)32(31-20)21-27-6-3-7-28-21/h3-10,18,29H,1-2H3,(H3,25,26)(H,30,31,33). The summed E-state index contributed by atoms with van der Waals surface area (Å²) in [5.41, 5.74) is 4.85. The third-order valence-corrected chi connectivity index (χ3v) is 5.03. The maximum atomic E-state index is 15.2. The zero-order valence-electron chi connectivity index (χ0n) is 18.5. The van der Waals surface area contributed by atoms with Crippen molar-refractivity contribution in [2.24, 2.45) is 5.73 Å². The number of benzene rings is 2. The van der Waals surface area contributed by atoms with E-state index in [1.54, 1.807) is 6.07 Å². The average Bonchev–Trinajstić information content (AvgIpc) is 3.24. The van der Waals surface area contributed by atoms with Crippen LogP contribution in [0.2, 0.25) is 0 Å². The Morgan fingerprint density at radius 2 is 1.80 bits per heavy atom. The first kappa shape index (κ1) is 23.4. The normalized spacial score (nSPS) is 11.7. The van der Waals surface area contributed by atoms with E-state index in [-0.39, 0.29) is 40.1 Å². The van der Waals surface area contributed by atoms with Crippen LogP contribution in [0.1, 0.15) is 23.0 Å². The van der Waals surface area contributed by atoms with Crippen LogP contribution in [0, 0.1) is 17.0 Å². The smallest absolute Gasteiger partial charge is 0.350 e. The van der Waals surface area contributed by atoms with Crippen LogP contribution in [-0.4, -0.2) is 44.8 Å². The molecular formula is C22H20F2N8O3. The molecule has 2 aromatic heterocycles. The van der Waals surface area contributed by atoms with Crippen molar-refractivity contribution in [3.05, 3.63) is 87.9 Å². The zero-order valence-corrected chi connectivity index (χ0v) is 18.5. The van der Waals surface area contributed by atoms with E-state index in [9.17, 15) is 9.18 Å². The van der Waals surface area contributed by atoms with Crippen LogP contribution < -0.4 is 26.2 Å². The molecule has 4 aromatic rings. The van der Waals surface area contributed by atoms with Crippen LogP contribution in [0.5, 0.6) is 11.5 Å². The number of nitrogens with zero attached hydrogens (tertiary/aromatic N) is 4. The number of ether oxygens (including phenoxy) is 2. The minimum atomic E-state index is -1.12. The zero-order chi connectivity index (χ0) is 25.1.